The Morgan fingerprint density at radius 2 is 0.912 bits per heavy atom. The first kappa shape index (κ1) is 42.8. The van der Waals surface area contributed by atoms with Gasteiger partial charge in [-0.3, -0.25) is 4.98 Å². The Bertz CT molecular complexity index is 743. The monoisotopic (exact) mass is 566 g/mol. The third-order valence-electron chi connectivity index (χ3n) is 3.54. The third kappa shape index (κ3) is 20.0. The van der Waals surface area contributed by atoms with Crippen LogP contribution in [0.25, 0.3) is 0 Å². The fraction of sp³-hybridized carbons (Fsp3) is 0.500. The molecule has 0 spiro atoms. The fourth-order valence-corrected chi connectivity index (χ4v) is 2.31. The summed E-state index contributed by atoms with van der Waals surface area (Å²) in [6.45, 7) is 25.6. The van der Waals surface area contributed by atoms with Crippen LogP contribution in [0.15, 0.2) is 24.8 Å². The van der Waals surface area contributed by atoms with Gasteiger partial charge in [0.25, 0.3) is 0 Å². The zero-order valence-corrected chi connectivity index (χ0v) is 27.5. The first-order chi connectivity index (χ1) is 15.2. The quantitative estimate of drug-likeness (QED) is 0.259. The molecular formula is C26H46ClN6Y-. The molecule has 191 valence electrons. The van der Waals surface area contributed by atoms with Crippen LogP contribution in [0.3, 0.4) is 0 Å². The van der Waals surface area contributed by atoms with Gasteiger partial charge < -0.3 is 7.43 Å². The van der Waals surface area contributed by atoms with E-state index in [4.69, 9.17) is 11.6 Å². The second kappa shape index (κ2) is 27.9. The van der Waals surface area contributed by atoms with Crippen molar-refractivity contribution in [2.24, 2.45) is 0 Å². The second-order valence-corrected chi connectivity index (χ2v) is 6.11. The van der Waals surface area contributed by atoms with E-state index in [1.165, 1.54) is 11.9 Å². The number of nitrogens with zero attached hydrogens (tertiary/aromatic N) is 6. The first-order valence-electron chi connectivity index (χ1n) is 11.2. The van der Waals surface area contributed by atoms with Crippen LogP contribution in [0, 0.1) is 55.9 Å². The van der Waals surface area contributed by atoms with Crippen molar-refractivity contribution in [2.75, 3.05) is 0 Å². The van der Waals surface area contributed by atoms with Gasteiger partial charge in [0.1, 0.15) is 23.8 Å². The molecule has 0 amide bonds. The average Bonchev–Trinajstić information content (AvgIpc) is 2.81. The molecule has 0 aliphatic heterocycles. The summed E-state index contributed by atoms with van der Waals surface area (Å²) in [5, 5.41) is 0.799. The molecular weight excluding hydrogens is 521 g/mol. The molecule has 8 heteroatoms. The van der Waals surface area contributed by atoms with Crippen LogP contribution in [0.4, 0.5) is 0 Å². The second-order valence-electron chi connectivity index (χ2n) is 5.73. The van der Waals surface area contributed by atoms with Crippen LogP contribution >= 0.6 is 11.6 Å². The summed E-state index contributed by atoms with van der Waals surface area (Å²) in [7, 11) is 0. The van der Waals surface area contributed by atoms with Crippen molar-refractivity contribution in [2.45, 2.75) is 90.0 Å². The summed E-state index contributed by atoms with van der Waals surface area (Å²) in [6, 6.07) is 1.78. The molecule has 0 N–H and O–H groups in total. The number of aryl methyl sites for hydroxylation is 5. The molecule has 0 bridgehead atoms. The Kier molecular flexibility index (Phi) is 35.1. The topological polar surface area (TPSA) is 77.3 Å². The molecule has 0 fully saturated rings. The van der Waals surface area contributed by atoms with Crippen LogP contribution in [-0.2, 0) is 32.7 Å². The van der Waals surface area contributed by atoms with E-state index in [1.54, 1.807) is 18.5 Å². The summed E-state index contributed by atoms with van der Waals surface area (Å²) in [6.07, 6.45) is 4.88. The Morgan fingerprint density at radius 3 is 1.18 bits per heavy atom. The number of aromatic nitrogens is 6. The Balaban J connectivity index is -0.000000111. The van der Waals surface area contributed by atoms with E-state index in [-0.39, 0.29) is 40.1 Å². The zero-order chi connectivity index (χ0) is 25.7. The number of halogens is 1. The number of hydrogen-bond acceptors (Lipinski definition) is 6. The van der Waals surface area contributed by atoms with Gasteiger partial charge in [0, 0.05) is 50.8 Å². The summed E-state index contributed by atoms with van der Waals surface area (Å²) in [4.78, 5) is 23.7. The number of hydrogen-bond donors (Lipinski definition) is 0. The molecule has 3 heterocycles. The van der Waals surface area contributed by atoms with Gasteiger partial charge in [-0.1, -0.05) is 53.1 Å². The largest absolute Gasteiger partial charge is 0.358 e. The van der Waals surface area contributed by atoms with Gasteiger partial charge in [-0.05, 0) is 65.7 Å². The summed E-state index contributed by atoms with van der Waals surface area (Å²) in [5.74, 6) is 2.38. The molecule has 3 aromatic rings. The molecule has 0 aromatic carbocycles. The van der Waals surface area contributed by atoms with Gasteiger partial charge in [0.2, 0.25) is 0 Å². The van der Waals surface area contributed by atoms with E-state index in [0.717, 1.165) is 39.4 Å². The minimum Gasteiger partial charge on any atom is -0.358 e. The van der Waals surface area contributed by atoms with Gasteiger partial charge in [-0.2, -0.15) is 0 Å². The van der Waals surface area contributed by atoms with E-state index in [9.17, 15) is 0 Å². The zero-order valence-electron chi connectivity index (χ0n) is 23.9. The molecule has 0 saturated heterocycles. The molecule has 0 saturated carbocycles. The Labute approximate surface area is 240 Å². The molecule has 0 aliphatic carbocycles. The molecule has 3 rings (SSSR count). The maximum Gasteiger partial charge on any atom is 0.129 e. The normalized spacial score (nSPS) is 7.82. The number of pyridine rings is 1. The van der Waals surface area contributed by atoms with Crippen molar-refractivity contribution in [3.8, 4) is 0 Å². The van der Waals surface area contributed by atoms with E-state index in [1.807, 2.05) is 90.0 Å². The Hall–Kier alpha value is -1.37. The van der Waals surface area contributed by atoms with Crippen molar-refractivity contribution >= 4 is 11.6 Å². The molecule has 0 atom stereocenters. The van der Waals surface area contributed by atoms with Crippen molar-refractivity contribution < 1.29 is 32.7 Å². The third-order valence-corrected chi connectivity index (χ3v) is 4.09. The van der Waals surface area contributed by atoms with Crippen LogP contribution in [0.2, 0.25) is 5.02 Å². The minimum absolute atomic E-state index is 0. The average molecular weight is 567 g/mol. The van der Waals surface area contributed by atoms with Crippen LogP contribution in [0.1, 0.15) is 81.5 Å². The van der Waals surface area contributed by atoms with Gasteiger partial charge in [0.15, 0.2) is 0 Å². The van der Waals surface area contributed by atoms with Crippen molar-refractivity contribution in [3.05, 3.63) is 77.2 Å². The molecule has 0 aliphatic rings. The van der Waals surface area contributed by atoms with Crippen molar-refractivity contribution in [1.29, 1.82) is 0 Å². The Morgan fingerprint density at radius 1 is 0.559 bits per heavy atom. The molecule has 34 heavy (non-hydrogen) atoms. The fourth-order valence-electron chi connectivity index (χ4n) is 2.12. The van der Waals surface area contributed by atoms with E-state index in [0.29, 0.717) is 0 Å². The summed E-state index contributed by atoms with van der Waals surface area (Å²) in [5.41, 5.74) is 4.34. The predicted octanol–water partition coefficient (Wildman–Crippen LogP) is 7.77. The molecule has 3 aromatic heterocycles. The smallest absolute Gasteiger partial charge is 0.129 e. The van der Waals surface area contributed by atoms with Gasteiger partial charge in [0.05, 0.1) is 10.7 Å². The molecule has 0 unspecified atom stereocenters. The van der Waals surface area contributed by atoms with E-state index in [2.05, 4.69) is 29.9 Å². The van der Waals surface area contributed by atoms with Crippen LogP contribution < -0.4 is 0 Å². The van der Waals surface area contributed by atoms with E-state index < -0.39 is 0 Å². The van der Waals surface area contributed by atoms with E-state index >= 15 is 0 Å². The number of rotatable bonds is 0. The van der Waals surface area contributed by atoms with Gasteiger partial charge in [-0.25, -0.2) is 24.9 Å². The first-order valence-corrected chi connectivity index (χ1v) is 11.6. The van der Waals surface area contributed by atoms with Crippen LogP contribution in [0.5, 0.6) is 0 Å². The van der Waals surface area contributed by atoms with Crippen molar-refractivity contribution in [1.82, 2.24) is 29.9 Å². The standard InChI is InChI=1S/C9H12ClN.C6H9N3.C4H4N2.3C2H6.CH3.Y/c1-5-6(2)9(10)8(4)11-7(5)3;1-4-7-5(2)9-6(3)8-4;1-2-5-4-6-3-1;3*1-2;;/h1-4H3;1-3H3;1-4H;3*1-2H3;1H3;/q;;;;;;-1;. The van der Waals surface area contributed by atoms with Crippen LogP contribution in [-0.4, -0.2) is 29.9 Å². The van der Waals surface area contributed by atoms with Gasteiger partial charge >= 0.3 is 0 Å². The summed E-state index contributed by atoms with van der Waals surface area (Å²) >= 11 is 5.99. The minimum atomic E-state index is 0. The molecule has 1 radical (unpaired) electrons. The maximum absolute atomic E-state index is 5.99. The summed E-state index contributed by atoms with van der Waals surface area (Å²) < 4.78 is 0. The van der Waals surface area contributed by atoms with Crippen molar-refractivity contribution in [3.63, 3.8) is 0 Å². The SMILES string of the molecule is CC.CC.CC.Cc1nc(C)c(Cl)c(C)c1C.Cc1nc(C)nc(C)n1.[CH3-].[Y].c1cncnc1. The maximum atomic E-state index is 5.99. The predicted molar refractivity (Wildman–Crippen MR) is 145 cm³/mol. The van der Waals surface area contributed by atoms with Gasteiger partial charge in [-0.15, -0.1) is 0 Å². The molecule has 6 nitrogen and oxygen atoms in total.